The third-order valence-electron chi connectivity index (χ3n) is 3.84. The molecule has 2 rings (SSSR count). The van der Waals surface area contributed by atoms with Crippen LogP contribution in [0.15, 0.2) is 54.2 Å². The van der Waals surface area contributed by atoms with Crippen LogP contribution >= 0.6 is 11.6 Å². The van der Waals surface area contributed by atoms with E-state index in [-0.39, 0.29) is 11.5 Å². The first-order valence-electron chi connectivity index (χ1n) is 7.96. The number of hydrogen-bond acceptors (Lipinski definition) is 3. The molecule has 0 fully saturated rings. The highest BCUT2D eigenvalue weighted by atomic mass is 35.5. The zero-order valence-corrected chi connectivity index (χ0v) is 15.2. The monoisotopic (exact) mass is 353 g/mol. The molecule has 2 aromatic carbocycles. The fourth-order valence-electron chi connectivity index (χ4n) is 2.37. The number of anilines is 2. The Hall–Kier alpha value is -2.77. The lowest BCUT2D eigenvalue weighted by atomic mass is 10.0. The van der Waals surface area contributed by atoms with E-state index < -0.39 is 5.91 Å². The van der Waals surface area contributed by atoms with E-state index in [1.54, 1.807) is 12.1 Å². The Labute approximate surface area is 153 Å². The molecule has 2 N–H and O–H groups in total. The Morgan fingerprint density at radius 3 is 2.52 bits per heavy atom. The van der Waals surface area contributed by atoms with Crippen molar-refractivity contribution < 1.29 is 4.79 Å². The summed E-state index contributed by atoms with van der Waals surface area (Å²) in [5, 5.41) is 15.7. The van der Waals surface area contributed by atoms with Crippen LogP contribution in [0, 0.1) is 18.3 Å². The van der Waals surface area contributed by atoms with Crippen molar-refractivity contribution in [1.29, 1.82) is 5.26 Å². The van der Waals surface area contributed by atoms with Gasteiger partial charge in [0.1, 0.15) is 11.6 Å². The average Bonchev–Trinajstić information content (AvgIpc) is 2.59. The summed E-state index contributed by atoms with van der Waals surface area (Å²) in [6, 6.07) is 14.9. The highest BCUT2D eigenvalue weighted by Crippen LogP contribution is 2.25. The second kappa shape index (κ2) is 8.36. The minimum absolute atomic E-state index is 0.0158. The molecule has 128 valence electrons. The van der Waals surface area contributed by atoms with E-state index in [0.29, 0.717) is 10.7 Å². The molecule has 0 heterocycles. The Kier molecular flexibility index (Phi) is 6.21. The zero-order chi connectivity index (χ0) is 18.4. The first-order valence-corrected chi connectivity index (χ1v) is 8.34. The highest BCUT2D eigenvalue weighted by molar-refractivity contribution is 6.31. The highest BCUT2D eigenvalue weighted by Gasteiger charge is 2.13. The van der Waals surface area contributed by atoms with Gasteiger partial charge in [0.2, 0.25) is 0 Å². The molecule has 0 aliphatic carbocycles. The van der Waals surface area contributed by atoms with Crippen LogP contribution in [0.5, 0.6) is 0 Å². The summed E-state index contributed by atoms with van der Waals surface area (Å²) in [5.41, 5.74) is 3.31. The number of amides is 1. The molecule has 0 atom stereocenters. The number of para-hydroxylation sites is 1. The van der Waals surface area contributed by atoms with E-state index in [1.165, 1.54) is 6.20 Å². The van der Waals surface area contributed by atoms with Crippen molar-refractivity contribution >= 4 is 28.9 Å². The summed E-state index contributed by atoms with van der Waals surface area (Å²) < 4.78 is 0. The van der Waals surface area contributed by atoms with Gasteiger partial charge in [0.05, 0.1) is 0 Å². The van der Waals surface area contributed by atoms with Crippen LogP contribution in [-0.2, 0) is 4.79 Å². The molecule has 0 bridgehead atoms. The SMILES string of the molecule is Cc1c(Cl)cccc1N/C=C(/C#N)C(=O)Nc1ccccc1C(C)C. The number of halogens is 1. The van der Waals surface area contributed by atoms with E-state index in [9.17, 15) is 10.1 Å². The molecule has 0 saturated carbocycles. The van der Waals surface area contributed by atoms with Gasteiger partial charge in [-0.3, -0.25) is 4.79 Å². The van der Waals surface area contributed by atoms with Crippen molar-refractivity contribution in [3.8, 4) is 6.07 Å². The van der Waals surface area contributed by atoms with Crippen molar-refractivity contribution in [1.82, 2.24) is 0 Å². The van der Waals surface area contributed by atoms with Crippen molar-refractivity contribution in [3.05, 3.63) is 70.4 Å². The summed E-state index contributed by atoms with van der Waals surface area (Å²) in [6.07, 6.45) is 1.39. The Balaban J connectivity index is 2.19. The predicted octanol–water partition coefficient (Wildman–Crippen LogP) is 5.23. The molecule has 0 aliphatic rings. The van der Waals surface area contributed by atoms with Crippen LogP contribution in [0.25, 0.3) is 0 Å². The van der Waals surface area contributed by atoms with Crippen LogP contribution < -0.4 is 10.6 Å². The van der Waals surface area contributed by atoms with Crippen molar-refractivity contribution in [2.24, 2.45) is 0 Å². The first kappa shape index (κ1) is 18.6. The Bertz CT molecular complexity index is 850. The summed E-state index contributed by atoms with van der Waals surface area (Å²) in [5.74, 6) is -0.193. The predicted molar refractivity (Wildman–Crippen MR) is 103 cm³/mol. The second-order valence-electron chi connectivity index (χ2n) is 5.92. The second-order valence-corrected chi connectivity index (χ2v) is 6.33. The molecular formula is C20H20ClN3O. The normalized spacial score (nSPS) is 11.1. The lowest BCUT2D eigenvalue weighted by molar-refractivity contribution is -0.112. The Morgan fingerprint density at radius 2 is 1.84 bits per heavy atom. The van der Waals surface area contributed by atoms with E-state index in [0.717, 1.165) is 16.8 Å². The smallest absolute Gasteiger partial charge is 0.267 e. The third kappa shape index (κ3) is 4.62. The summed E-state index contributed by atoms with van der Waals surface area (Å²) in [4.78, 5) is 12.4. The van der Waals surface area contributed by atoms with Crippen LogP contribution in [-0.4, -0.2) is 5.91 Å². The molecule has 5 heteroatoms. The molecule has 0 spiro atoms. The van der Waals surface area contributed by atoms with Gasteiger partial charge in [-0.2, -0.15) is 5.26 Å². The summed E-state index contributed by atoms with van der Waals surface area (Å²) >= 11 is 6.07. The molecule has 0 unspecified atom stereocenters. The first-order chi connectivity index (χ1) is 11.9. The summed E-state index contributed by atoms with van der Waals surface area (Å²) in [7, 11) is 0. The standard InChI is InChI=1S/C20H20ClN3O/c1-13(2)16-7-4-5-9-19(16)24-20(25)15(11-22)12-23-18-10-6-8-17(21)14(18)3/h4-10,12-13,23H,1-3H3,(H,24,25)/b15-12-. The van der Waals surface area contributed by atoms with Crippen molar-refractivity contribution in [3.63, 3.8) is 0 Å². The van der Waals surface area contributed by atoms with E-state index >= 15 is 0 Å². The fourth-order valence-corrected chi connectivity index (χ4v) is 2.54. The molecule has 1 amide bonds. The lowest BCUT2D eigenvalue weighted by Gasteiger charge is -2.13. The summed E-state index contributed by atoms with van der Waals surface area (Å²) in [6.45, 7) is 5.97. The number of carbonyl (C=O) groups excluding carboxylic acids is 1. The number of carbonyl (C=O) groups is 1. The van der Waals surface area contributed by atoms with Gasteiger partial charge in [-0.05, 0) is 42.2 Å². The number of nitrogens with zero attached hydrogens (tertiary/aromatic N) is 1. The minimum Gasteiger partial charge on any atom is -0.360 e. The van der Waals surface area contributed by atoms with Gasteiger partial charge >= 0.3 is 0 Å². The van der Waals surface area contributed by atoms with Gasteiger partial charge in [-0.25, -0.2) is 0 Å². The topological polar surface area (TPSA) is 64.9 Å². The maximum Gasteiger partial charge on any atom is 0.267 e. The van der Waals surface area contributed by atoms with Gasteiger partial charge in [0.25, 0.3) is 5.91 Å². The van der Waals surface area contributed by atoms with E-state index in [1.807, 2.05) is 43.3 Å². The third-order valence-corrected chi connectivity index (χ3v) is 4.25. The molecule has 0 aromatic heterocycles. The molecular weight excluding hydrogens is 334 g/mol. The van der Waals surface area contributed by atoms with Gasteiger partial charge < -0.3 is 10.6 Å². The maximum atomic E-state index is 12.4. The van der Waals surface area contributed by atoms with Gasteiger partial charge in [-0.1, -0.05) is 49.7 Å². The maximum absolute atomic E-state index is 12.4. The fraction of sp³-hybridized carbons (Fsp3) is 0.200. The van der Waals surface area contributed by atoms with Gasteiger partial charge in [0, 0.05) is 22.6 Å². The molecule has 0 radical (unpaired) electrons. The van der Waals surface area contributed by atoms with Crippen LogP contribution in [0.1, 0.15) is 30.9 Å². The number of rotatable bonds is 5. The molecule has 2 aromatic rings. The molecule has 0 saturated heterocycles. The number of nitrogens with one attached hydrogen (secondary N) is 2. The molecule has 0 aliphatic heterocycles. The lowest BCUT2D eigenvalue weighted by Crippen LogP contribution is -2.16. The Morgan fingerprint density at radius 1 is 1.16 bits per heavy atom. The van der Waals surface area contributed by atoms with Crippen molar-refractivity contribution in [2.75, 3.05) is 10.6 Å². The van der Waals surface area contributed by atoms with Crippen LogP contribution in [0.2, 0.25) is 5.02 Å². The average molecular weight is 354 g/mol. The van der Waals surface area contributed by atoms with Gasteiger partial charge in [-0.15, -0.1) is 0 Å². The largest absolute Gasteiger partial charge is 0.360 e. The molecule has 25 heavy (non-hydrogen) atoms. The molecule has 4 nitrogen and oxygen atoms in total. The van der Waals surface area contributed by atoms with Crippen LogP contribution in [0.3, 0.4) is 0 Å². The minimum atomic E-state index is -0.456. The zero-order valence-electron chi connectivity index (χ0n) is 14.4. The van der Waals surface area contributed by atoms with E-state index in [4.69, 9.17) is 11.6 Å². The van der Waals surface area contributed by atoms with Crippen LogP contribution in [0.4, 0.5) is 11.4 Å². The van der Waals surface area contributed by atoms with E-state index in [2.05, 4.69) is 24.5 Å². The number of benzene rings is 2. The number of hydrogen-bond donors (Lipinski definition) is 2. The number of nitriles is 1. The van der Waals surface area contributed by atoms with Gasteiger partial charge in [0.15, 0.2) is 0 Å². The van der Waals surface area contributed by atoms with Crippen molar-refractivity contribution in [2.45, 2.75) is 26.7 Å². The quantitative estimate of drug-likeness (QED) is 0.571.